The largest absolute Gasteiger partial charge is 0.447 e. The van der Waals surface area contributed by atoms with Crippen molar-refractivity contribution >= 4 is 10.0 Å². The van der Waals surface area contributed by atoms with Crippen LogP contribution in [0.15, 0.2) is 21.6 Å². The minimum Gasteiger partial charge on any atom is -0.447 e. The predicted octanol–water partition coefficient (Wildman–Crippen LogP) is 1.99. The van der Waals surface area contributed by atoms with Gasteiger partial charge in [-0.05, 0) is 37.3 Å². The molecule has 2 unspecified atom stereocenters. The van der Waals surface area contributed by atoms with E-state index < -0.39 is 10.0 Å². The lowest BCUT2D eigenvalue weighted by atomic mass is 10.0. The molecule has 0 saturated heterocycles. The van der Waals surface area contributed by atoms with E-state index >= 15 is 0 Å². The monoisotopic (exact) mass is 286 g/mol. The number of hydrogen-bond acceptors (Lipinski definition) is 4. The molecule has 1 fully saturated rings. The first-order valence-corrected chi connectivity index (χ1v) is 8.30. The van der Waals surface area contributed by atoms with Gasteiger partial charge in [0.2, 0.25) is 5.09 Å². The number of nitrogens with one attached hydrogen (secondary N) is 1. The molecular formula is C13H22N2O3S. The Labute approximate surface area is 114 Å². The van der Waals surface area contributed by atoms with E-state index in [1.807, 2.05) is 0 Å². The summed E-state index contributed by atoms with van der Waals surface area (Å²) >= 11 is 0. The van der Waals surface area contributed by atoms with Crippen LogP contribution in [0.5, 0.6) is 0 Å². The summed E-state index contributed by atoms with van der Waals surface area (Å²) in [7, 11) is -3.56. The van der Waals surface area contributed by atoms with E-state index in [0.717, 1.165) is 25.7 Å². The fourth-order valence-electron chi connectivity index (χ4n) is 2.49. The molecule has 108 valence electrons. The molecule has 0 bridgehead atoms. The molecular weight excluding hydrogens is 264 g/mol. The number of hydrogen-bond donors (Lipinski definition) is 2. The molecule has 0 amide bonds. The van der Waals surface area contributed by atoms with Gasteiger partial charge in [0.15, 0.2) is 0 Å². The Morgan fingerprint density at radius 1 is 1.32 bits per heavy atom. The van der Waals surface area contributed by atoms with Crippen LogP contribution >= 0.6 is 0 Å². The number of sulfonamides is 1. The quantitative estimate of drug-likeness (QED) is 0.829. The predicted molar refractivity (Wildman–Crippen MR) is 73.0 cm³/mol. The first-order chi connectivity index (χ1) is 9.01. The van der Waals surface area contributed by atoms with Crippen molar-refractivity contribution in [2.24, 2.45) is 11.7 Å². The molecule has 1 saturated carbocycles. The summed E-state index contributed by atoms with van der Waals surface area (Å²) in [5, 5.41) is -0.0368. The van der Waals surface area contributed by atoms with E-state index in [-0.39, 0.29) is 17.7 Å². The maximum absolute atomic E-state index is 12.2. The summed E-state index contributed by atoms with van der Waals surface area (Å²) in [6.07, 6.45) is 5.11. The standard InChI is InChI=1S/C13H22N2O3S/c1-10-3-2-4-11(6-5-10)15-19(16,17)13-8-7-12(9-14)18-13/h7-8,10-11,15H,2-6,9,14H2,1H3. The fraction of sp³-hybridized carbons (Fsp3) is 0.692. The Bertz CT molecular complexity index is 510. The molecule has 0 radical (unpaired) electrons. The van der Waals surface area contributed by atoms with Gasteiger partial charge in [0, 0.05) is 6.04 Å². The Hall–Kier alpha value is -0.850. The van der Waals surface area contributed by atoms with Crippen molar-refractivity contribution in [2.45, 2.75) is 56.7 Å². The van der Waals surface area contributed by atoms with Gasteiger partial charge < -0.3 is 10.2 Å². The molecule has 1 heterocycles. The zero-order chi connectivity index (χ0) is 13.9. The topological polar surface area (TPSA) is 85.3 Å². The van der Waals surface area contributed by atoms with Crippen molar-refractivity contribution in [3.05, 3.63) is 17.9 Å². The van der Waals surface area contributed by atoms with Crippen LogP contribution in [0.1, 0.15) is 44.8 Å². The lowest BCUT2D eigenvalue weighted by Crippen LogP contribution is -2.34. The highest BCUT2D eigenvalue weighted by atomic mass is 32.2. The van der Waals surface area contributed by atoms with Gasteiger partial charge in [-0.2, -0.15) is 0 Å². The third-order valence-electron chi connectivity index (χ3n) is 3.68. The van der Waals surface area contributed by atoms with Crippen LogP contribution in [0, 0.1) is 5.92 Å². The van der Waals surface area contributed by atoms with Gasteiger partial charge in [-0.3, -0.25) is 0 Å². The molecule has 0 spiro atoms. The van der Waals surface area contributed by atoms with Crippen molar-refractivity contribution in [1.29, 1.82) is 0 Å². The van der Waals surface area contributed by atoms with Crippen LogP contribution in [0.25, 0.3) is 0 Å². The molecule has 0 aromatic carbocycles. The molecule has 1 aromatic rings. The minimum absolute atomic E-state index is 0.0152. The summed E-state index contributed by atoms with van der Waals surface area (Å²) in [5.41, 5.74) is 5.42. The Morgan fingerprint density at radius 2 is 2.11 bits per heavy atom. The SMILES string of the molecule is CC1CCCC(NS(=O)(=O)c2ccc(CN)o2)CC1. The molecule has 6 heteroatoms. The van der Waals surface area contributed by atoms with Crippen LogP contribution < -0.4 is 10.5 Å². The first-order valence-electron chi connectivity index (χ1n) is 6.82. The number of nitrogens with two attached hydrogens (primary N) is 1. The summed E-state index contributed by atoms with van der Waals surface area (Å²) in [6, 6.07) is 3.08. The Morgan fingerprint density at radius 3 is 2.79 bits per heavy atom. The van der Waals surface area contributed by atoms with Crippen molar-refractivity contribution < 1.29 is 12.8 Å². The maximum atomic E-state index is 12.2. The van der Waals surface area contributed by atoms with Crippen molar-refractivity contribution in [3.63, 3.8) is 0 Å². The van der Waals surface area contributed by atoms with E-state index in [0.29, 0.717) is 11.7 Å². The van der Waals surface area contributed by atoms with Gasteiger partial charge in [0.25, 0.3) is 10.0 Å². The average Bonchev–Trinajstić information content (AvgIpc) is 2.77. The van der Waals surface area contributed by atoms with Crippen LogP contribution in [0.3, 0.4) is 0 Å². The second kappa shape index (κ2) is 6.07. The second-order valence-corrected chi connectivity index (χ2v) is 7.00. The zero-order valence-corrected chi connectivity index (χ0v) is 12.1. The first kappa shape index (κ1) is 14.6. The van der Waals surface area contributed by atoms with Crippen molar-refractivity contribution in [3.8, 4) is 0 Å². The second-order valence-electron chi connectivity index (χ2n) is 5.36. The lowest BCUT2D eigenvalue weighted by Gasteiger charge is -2.15. The van der Waals surface area contributed by atoms with Gasteiger partial charge in [0.1, 0.15) is 5.76 Å². The van der Waals surface area contributed by atoms with Crippen molar-refractivity contribution in [1.82, 2.24) is 4.72 Å². The van der Waals surface area contributed by atoms with Crippen LogP contribution in [-0.2, 0) is 16.6 Å². The highest BCUT2D eigenvalue weighted by Crippen LogP contribution is 2.24. The van der Waals surface area contributed by atoms with Crippen LogP contribution in [0.2, 0.25) is 0 Å². The zero-order valence-electron chi connectivity index (χ0n) is 11.3. The highest BCUT2D eigenvalue weighted by Gasteiger charge is 2.24. The van der Waals surface area contributed by atoms with Gasteiger partial charge in [0.05, 0.1) is 6.54 Å². The summed E-state index contributed by atoms with van der Waals surface area (Å²) < 4.78 is 32.3. The van der Waals surface area contributed by atoms with Crippen LogP contribution in [-0.4, -0.2) is 14.5 Å². The maximum Gasteiger partial charge on any atom is 0.274 e. The van der Waals surface area contributed by atoms with Crippen LogP contribution in [0.4, 0.5) is 0 Å². The van der Waals surface area contributed by atoms with E-state index in [2.05, 4.69) is 11.6 Å². The van der Waals surface area contributed by atoms with E-state index in [4.69, 9.17) is 10.2 Å². The summed E-state index contributed by atoms with van der Waals surface area (Å²) in [4.78, 5) is 0. The molecule has 2 rings (SSSR count). The minimum atomic E-state index is -3.56. The van der Waals surface area contributed by atoms with Gasteiger partial charge >= 0.3 is 0 Å². The lowest BCUT2D eigenvalue weighted by molar-refractivity contribution is 0.406. The third-order valence-corrected chi connectivity index (χ3v) is 5.08. The average molecular weight is 286 g/mol. The Balaban J connectivity index is 2.04. The molecule has 3 N–H and O–H groups in total. The molecule has 0 aliphatic heterocycles. The summed E-state index contributed by atoms with van der Waals surface area (Å²) in [5.74, 6) is 1.16. The highest BCUT2D eigenvalue weighted by molar-refractivity contribution is 7.89. The van der Waals surface area contributed by atoms with Gasteiger partial charge in [-0.15, -0.1) is 0 Å². The smallest absolute Gasteiger partial charge is 0.274 e. The fourth-order valence-corrected chi connectivity index (χ4v) is 3.75. The molecule has 5 nitrogen and oxygen atoms in total. The molecule has 2 atom stereocenters. The summed E-state index contributed by atoms with van der Waals surface area (Å²) in [6.45, 7) is 2.42. The number of rotatable bonds is 4. The van der Waals surface area contributed by atoms with E-state index in [9.17, 15) is 8.42 Å². The molecule has 19 heavy (non-hydrogen) atoms. The van der Waals surface area contributed by atoms with E-state index in [1.165, 1.54) is 12.5 Å². The molecule has 1 aliphatic rings. The van der Waals surface area contributed by atoms with Gasteiger partial charge in [-0.25, -0.2) is 13.1 Å². The molecule has 1 aromatic heterocycles. The third kappa shape index (κ3) is 3.81. The van der Waals surface area contributed by atoms with Crippen molar-refractivity contribution in [2.75, 3.05) is 0 Å². The van der Waals surface area contributed by atoms with Gasteiger partial charge in [-0.1, -0.05) is 19.8 Å². The number of furan rings is 1. The normalized spacial score (nSPS) is 25.2. The molecule has 1 aliphatic carbocycles. The Kier molecular flexibility index (Phi) is 4.65. The van der Waals surface area contributed by atoms with E-state index in [1.54, 1.807) is 6.07 Å².